The molecule has 0 atom stereocenters. The van der Waals surface area contributed by atoms with Gasteiger partial charge in [-0.1, -0.05) is 164 Å². The van der Waals surface area contributed by atoms with Crippen LogP contribution < -0.4 is 4.90 Å². The summed E-state index contributed by atoms with van der Waals surface area (Å²) in [5.74, 6) is 0. The van der Waals surface area contributed by atoms with Crippen LogP contribution in [0.3, 0.4) is 0 Å². The molecule has 0 amide bonds. The topological polar surface area (TPSA) is 21.3 Å². The molecule has 0 bridgehead atoms. The van der Waals surface area contributed by atoms with Crippen molar-refractivity contribution < 1.29 is 4.42 Å². The number of hydrogen-bond acceptors (Lipinski definition) is 2. The number of benzene rings is 10. The molecule has 286 valence electrons. The van der Waals surface area contributed by atoms with Gasteiger partial charge in [0.15, 0.2) is 0 Å². The summed E-state index contributed by atoms with van der Waals surface area (Å²) in [4.78, 5) is 2.39. The number of furan rings is 1. The summed E-state index contributed by atoms with van der Waals surface area (Å²) in [6, 6.07) is 82.9. The van der Waals surface area contributed by atoms with Gasteiger partial charge in [-0.3, -0.25) is 0 Å². The van der Waals surface area contributed by atoms with Crippen LogP contribution in [0.25, 0.3) is 93.6 Å². The van der Waals surface area contributed by atoms with Crippen LogP contribution in [0.15, 0.2) is 235 Å². The highest BCUT2D eigenvalue weighted by atomic mass is 16.3. The first-order valence-corrected chi connectivity index (χ1v) is 20.8. The van der Waals surface area contributed by atoms with Crippen molar-refractivity contribution in [3.8, 4) is 39.1 Å². The van der Waals surface area contributed by atoms with Crippen LogP contribution in [0.1, 0.15) is 0 Å². The van der Waals surface area contributed by atoms with Gasteiger partial charge >= 0.3 is 0 Å². The normalized spacial score (nSPS) is 11.6. The van der Waals surface area contributed by atoms with Gasteiger partial charge in [-0.05, 0) is 99.3 Å². The van der Waals surface area contributed by atoms with Crippen molar-refractivity contribution in [1.82, 2.24) is 4.57 Å². The van der Waals surface area contributed by atoms with Gasteiger partial charge in [-0.25, -0.2) is 0 Å². The number of rotatable bonds is 7. The molecule has 0 aliphatic heterocycles. The Morgan fingerprint density at radius 1 is 0.328 bits per heavy atom. The fraction of sp³-hybridized carbons (Fsp3) is 0. The zero-order valence-corrected chi connectivity index (χ0v) is 33.2. The number of hydrogen-bond donors (Lipinski definition) is 0. The van der Waals surface area contributed by atoms with Gasteiger partial charge in [-0.15, -0.1) is 0 Å². The maximum absolute atomic E-state index is 6.72. The molecule has 2 aromatic heterocycles. The molecule has 0 saturated carbocycles. The highest BCUT2D eigenvalue weighted by molar-refractivity contribution is 6.27. The van der Waals surface area contributed by atoms with Gasteiger partial charge in [0, 0.05) is 55.9 Å². The van der Waals surface area contributed by atoms with Crippen LogP contribution in [0.4, 0.5) is 17.1 Å². The third-order valence-electron chi connectivity index (χ3n) is 12.2. The first-order valence-electron chi connectivity index (χ1n) is 20.8. The summed E-state index contributed by atoms with van der Waals surface area (Å²) in [7, 11) is 0. The second-order valence-electron chi connectivity index (χ2n) is 15.7. The monoisotopic (exact) mass is 778 g/mol. The SMILES string of the molecule is c1ccc(-c2ccc(N(c3ccc(-c4ccccc4)cc3)c3ccc4c(c3)c3c(-c5ccccc5)c5c(cc3n4-c3ccc4ccccc4c3)oc3ccccc35)cc2)cc1. The average Bonchev–Trinajstić information content (AvgIpc) is 3.87. The number of para-hydroxylation sites is 1. The maximum atomic E-state index is 6.72. The van der Waals surface area contributed by atoms with E-state index in [-0.39, 0.29) is 0 Å². The molecular formula is C58H38N2O. The van der Waals surface area contributed by atoms with Crippen molar-refractivity contribution in [2.45, 2.75) is 0 Å². The highest BCUT2D eigenvalue weighted by Crippen LogP contribution is 2.48. The largest absolute Gasteiger partial charge is 0.456 e. The lowest BCUT2D eigenvalue weighted by Crippen LogP contribution is -2.10. The maximum Gasteiger partial charge on any atom is 0.138 e. The smallest absolute Gasteiger partial charge is 0.138 e. The fourth-order valence-electron chi connectivity index (χ4n) is 9.31. The number of anilines is 3. The summed E-state index contributed by atoms with van der Waals surface area (Å²) in [6.07, 6.45) is 0. The zero-order chi connectivity index (χ0) is 40.3. The minimum atomic E-state index is 0.872. The average molecular weight is 779 g/mol. The minimum absolute atomic E-state index is 0.872. The Balaban J connectivity index is 1.15. The second kappa shape index (κ2) is 14.3. The van der Waals surface area contributed by atoms with Crippen LogP contribution >= 0.6 is 0 Å². The summed E-state index contributed by atoms with van der Waals surface area (Å²) < 4.78 is 9.14. The molecule has 10 aromatic carbocycles. The molecule has 0 spiro atoms. The van der Waals surface area contributed by atoms with Crippen LogP contribution in [0.2, 0.25) is 0 Å². The molecule has 0 radical (unpaired) electrons. The molecule has 2 heterocycles. The Morgan fingerprint density at radius 2 is 0.869 bits per heavy atom. The van der Waals surface area contributed by atoms with E-state index in [1.54, 1.807) is 0 Å². The molecule has 0 saturated heterocycles. The Labute approximate surface area is 353 Å². The summed E-state index contributed by atoms with van der Waals surface area (Å²) in [5.41, 5.74) is 15.4. The van der Waals surface area contributed by atoms with Crippen LogP contribution in [0, 0.1) is 0 Å². The lowest BCUT2D eigenvalue weighted by atomic mass is 9.94. The Hall–Kier alpha value is -8.14. The summed E-state index contributed by atoms with van der Waals surface area (Å²) >= 11 is 0. The first kappa shape index (κ1) is 34.9. The van der Waals surface area contributed by atoms with Gasteiger partial charge in [0.25, 0.3) is 0 Å². The molecule has 3 heteroatoms. The molecule has 0 fully saturated rings. The van der Waals surface area contributed by atoms with Crippen molar-refractivity contribution in [3.63, 3.8) is 0 Å². The zero-order valence-electron chi connectivity index (χ0n) is 33.2. The third-order valence-corrected chi connectivity index (χ3v) is 12.2. The molecule has 12 rings (SSSR count). The quantitative estimate of drug-likeness (QED) is 0.161. The van der Waals surface area contributed by atoms with E-state index >= 15 is 0 Å². The molecule has 0 unspecified atom stereocenters. The van der Waals surface area contributed by atoms with Crippen LogP contribution in [-0.2, 0) is 0 Å². The molecular weight excluding hydrogens is 741 g/mol. The van der Waals surface area contributed by atoms with E-state index in [9.17, 15) is 0 Å². The van der Waals surface area contributed by atoms with E-state index in [0.29, 0.717) is 0 Å². The minimum Gasteiger partial charge on any atom is -0.456 e. The Bertz CT molecular complexity index is 3470. The van der Waals surface area contributed by atoms with Crippen molar-refractivity contribution >= 4 is 71.6 Å². The van der Waals surface area contributed by atoms with Gasteiger partial charge in [-0.2, -0.15) is 0 Å². The predicted molar refractivity (Wildman–Crippen MR) is 257 cm³/mol. The Morgan fingerprint density at radius 3 is 1.52 bits per heavy atom. The van der Waals surface area contributed by atoms with Gasteiger partial charge in [0.05, 0.1) is 11.0 Å². The predicted octanol–water partition coefficient (Wildman–Crippen LogP) is 16.3. The van der Waals surface area contributed by atoms with E-state index in [0.717, 1.165) is 61.3 Å². The van der Waals surface area contributed by atoms with E-state index in [2.05, 4.69) is 240 Å². The van der Waals surface area contributed by atoms with Crippen LogP contribution in [0.5, 0.6) is 0 Å². The lowest BCUT2D eigenvalue weighted by molar-refractivity contribution is 0.669. The van der Waals surface area contributed by atoms with Crippen molar-refractivity contribution in [1.29, 1.82) is 0 Å². The summed E-state index contributed by atoms with van der Waals surface area (Å²) in [6.45, 7) is 0. The van der Waals surface area contributed by atoms with Gasteiger partial charge in [0.2, 0.25) is 0 Å². The molecule has 0 aliphatic rings. The van der Waals surface area contributed by atoms with E-state index in [1.807, 2.05) is 0 Å². The molecule has 0 aliphatic carbocycles. The lowest BCUT2D eigenvalue weighted by Gasteiger charge is -2.26. The highest BCUT2D eigenvalue weighted by Gasteiger charge is 2.24. The number of fused-ring (bicyclic) bond motifs is 7. The van der Waals surface area contributed by atoms with Crippen molar-refractivity contribution in [2.24, 2.45) is 0 Å². The van der Waals surface area contributed by atoms with E-state index in [4.69, 9.17) is 4.42 Å². The van der Waals surface area contributed by atoms with Gasteiger partial charge < -0.3 is 13.9 Å². The van der Waals surface area contributed by atoms with E-state index in [1.165, 1.54) is 49.4 Å². The number of aromatic nitrogens is 1. The molecule has 61 heavy (non-hydrogen) atoms. The Kier molecular flexibility index (Phi) is 8.17. The molecule has 0 N–H and O–H groups in total. The van der Waals surface area contributed by atoms with Gasteiger partial charge in [0.1, 0.15) is 11.2 Å². The van der Waals surface area contributed by atoms with Crippen molar-refractivity contribution in [3.05, 3.63) is 231 Å². The molecule has 3 nitrogen and oxygen atoms in total. The summed E-state index contributed by atoms with van der Waals surface area (Å²) in [5, 5.41) is 7.00. The standard InChI is InChI=1S/C58H38N2O/c1-4-14-39(15-5-1)42-24-29-46(30-25-42)59(47-31-26-43(27-32-47)40-16-6-2-7-17-40)49-34-35-52-51(37-49)57-53(60(52)48-33-28-41-18-10-11-21-45(41)36-48)38-55-58(50-22-12-13-23-54(50)61-55)56(57)44-19-8-3-9-20-44/h1-38H. The van der Waals surface area contributed by atoms with Crippen molar-refractivity contribution in [2.75, 3.05) is 4.90 Å². The third kappa shape index (κ3) is 5.90. The van der Waals surface area contributed by atoms with Crippen LogP contribution in [-0.4, -0.2) is 4.57 Å². The molecule has 12 aromatic rings. The number of nitrogens with zero attached hydrogens (tertiary/aromatic N) is 2. The van der Waals surface area contributed by atoms with E-state index < -0.39 is 0 Å². The first-order chi connectivity index (χ1) is 30.2. The second-order valence-corrected chi connectivity index (χ2v) is 15.7. The fourth-order valence-corrected chi connectivity index (χ4v) is 9.31.